The van der Waals surface area contributed by atoms with Gasteiger partial charge in [-0.2, -0.15) is 0 Å². The lowest BCUT2D eigenvalue weighted by Gasteiger charge is -2.59. The molecule has 4 N–H and O–H groups in total. The van der Waals surface area contributed by atoms with Crippen LogP contribution in [0.2, 0.25) is 0 Å². The molecule has 6 nitrogen and oxygen atoms in total. The summed E-state index contributed by atoms with van der Waals surface area (Å²) in [5, 5.41) is 24.9. The molecule has 1 aromatic carbocycles. The molecule has 2 aliphatic heterocycles. The molecule has 2 aromatic rings. The van der Waals surface area contributed by atoms with Gasteiger partial charge in [-0.25, -0.2) is 4.98 Å². The zero-order valence-electron chi connectivity index (χ0n) is 21.9. The Balaban J connectivity index is 1.20. The molecule has 2 bridgehead atoms. The zero-order chi connectivity index (χ0) is 25.5. The first kappa shape index (κ1) is 22.7. The van der Waals surface area contributed by atoms with Crippen LogP contribution in [0.4, 0.5) is 5.82 Å². The van der Waals surface area contributed by atoms with Crippen LogP contribution in [0.5, 0.6) is 0 Å². The Morgan fingerprint density at radius 3 is 2.73 bits per heavy atom. The number of aliphatic hydroxyl groups excluding tert-OH is 2. The van der Waals surface area contributed by atoms with Gasteiger partial charge in [0, 0.05) is 34.4 Å². The number of pyridine rings is 1. The van der Waals surface area contributed by atoms with Crippen molar-refractivity contribution in [2.75, 3.05) is 19.8 Å². The van der Waals surface area contributed by atoms with E-state index in [-0.39, 0.29) is 28.1 Å². The number of nitrogens with two attached hydrogens (primary N) is 1. The number of rotatable bonds is 2. The minimum absolute atomic E-state index is 0.00736. The summed E-state index contributed by atoms with van der Waals surface area (Å²) in [6.45, 7) is 2.44. The molecule has 2 saturated carbocycles. The molecule has 2 saturated heterocycles. The van der Waals surface area contributed by atoms with Crippen LogP contribution in [0.25, 0.3) is 16.3 Å². The van der Waals surface area contributed by atoms with Crippen LogP contribution in [-0.4, -0.2) is 63.6 Å². The van der Waals surface area contributed by atoms with E-state index in [4.69, 9.17) is 10.5 Å². The topological polar surface area (TPSA) is 91.8 Å². The molecule has 3 heterocycles. The number of allylic oxidation sites excluding steroid dienone is 3. The second kappa shape index (κ2) is 6.84. The van der Waals surface area contributed by atoms with Crippen molar-refractivity contribution in [3.05, 3.63) is 53.8 Å². The Morgan fingerprint density at radius 2 is 1.92 bits per heavy atom. The summed E-state index contributed by atoms with van der Waals surface area (Å²) in [6, 6.07) is 8.52. The van der Waals surface area contributed by atoms with Crippen LogP contribution in [0.1, 0.15) is 51.0 Å². The van der Waals surface area contributed by atoms with E-state index in [1.807, 2.05) is 26.4 Å². The largest absolute Gasteiger partial charge is 0.390 e. The number of likely N-dealkylation sites (N-methyl/N-ethyl adjacent to an activating group) is 1. The number of hydrogen-bond acceptors (Lipinski definition) is 6. The van der Waals surface area contributed by atoms with Gasteiger partial charge in [-0.05, 0) is 92.8 Å². The highest BCUT2D eigenvalue weighted by molar-refractivity contribution is 5.88. The monoisotopic (exact) mass is 499 g/mol. The van der Waals surface area contributed by atoms with Crippen molar-refractivity contribution < 1.29 is 14.9 Å². The van der Waals surface area contributed by atoms with Crippen molar-refractivity contribution in [1.82, 2.24) is 9.88 Å². The summed E-state index contributed by atoms with van der Waals surface area (Å²) in [6.07, 6.45) is 11.1. The number of benzene rings is 1. The predicted molar refractivity (Wildman–Crippen MR) is 143 cm³/mol. The third-order valence-electron chi connectivity index (χ3n) is 11.7. The Labute approximate surface area is 218 Å². The van der Waals surface area contributed by atoms with Crippen molar-refractivity contribution in [2.45, 2.75) is 74.9 Å². The van der Waals surface area contributed by atoms with Crippen molar-refractivity contribution in [1.29, 1.82) is 0 Å². The summed E-state index contributed by atoms with van der Waals surface area (Å²) in [7, 11) is 4.02. The zero-order valence-corrected chi connectivity index (χ0v) is 21.9. The SMILES string of the molecule is CN(C)C1CC23CCC4(O2)C(=CCC2(C)C(c5ccc6cc(N)ncc6c5)=CCC24)C2CC23C(O)C1O. The van der Waals surface area contributed by atoms with E-state index in [9.17, 15) is 10.2 Å². The lowest BCUT2D eigenvalue weighted by molar-refractivity contribution is -0.248. The lowest BCUT2D eigenvalue weighted by Crippen LogP contribution is -2.67. The van der Waals surface area contributed by atoms with Crippen LogP contribution >= 0.6 is 0 Å². The Bertz CT molecular complexity index is 1420. The number of ether oxygens (including phenoxy) is 1. The standard InChI is InChI=1S/C31H37N3O3/c1-28-9-8-21-22-14-30(22)27(36)26(35)23(34(2)3)15-29(30)10-11-31(21,37-29)24(28)7-6-20(28)18-5-4-17-13-25(32)33-16-19(17)12-18/h4-6,8,12-13,16,22-24,26-27,35-36H,7,9-11,14-15H2,1-3H3,(H2,32,33). The van der Waals surface area contributed by atoms with Gasteiger partial charge in [-0.1, -0.05) is 31.2 Å². The number of aromatic nitrogens is 1. The summed E-state index contributed by atoms with van der Waals surface area (Å²) < 4.78 is 7.45. The number of aliphatic hydroxyl groups is 2. The molecule has 9 atom stereocenters. The molecule has 0 amide bonds. The Morgan fingerprint density at radius 1 is 1.08 bits per heavy atom. The molecule has 3 spiro atoms. The van der Waals surface area contributed by atoms with Gasteiger partial charge in [0.2, 0.25) is 0 Å². The van der Waals surface area contributed by atoms with E-state index in [0.717, 1.165) is 49.3 Å². The molecular formula is C31H37N3O3. The fourth-order valence-corrected chi connectivity index (χ4v) is 9.96. The van der Waals surface area contributed by atoms with Crippen molar-refractivity contribution >= 4 is 22.2 Å². The van der Waals surface area contributed by atoms with Crippen LogP contribution < -0.4 is 5.73 Å². The molecule has 6 heteroatoms. The number of nitrogen functional groups attached to an aromatic ring is 1. The van der Waals surface area contributed by atoms with Crippen LogP contribution in [-0.2, 0) is 4.74 Å². The van der Waals surface area contributed by atoms with Crippen LogP contribution in [0.3, 0.4) is 0 Å². The van der Waals surface area contributed by atoms with Gasteiger partial charge in [0.05, 0.1) is 23.4 Å². The van der Waals surface area contributed by atoms with Crippen LogP contribution in [0, 0.1) is 22.7 Å². The van der Waals surface area contributed by atoms with E-state index in [2.05, 4.69) is 47.2 Å². The van der Waals surface area contributed by atoms with E-state index >= 15 is 0 Å². The van der Waals surface area contributed by atoms with Crippen molar-refractivity contribution in [2.24, 2.45) is 22.7 Å². The molecule has 4 fully saturated rings. The minimum atomic E-state index is -0.735. The van der Waals surface area contributed by atoms with Gasteiger partial charge in [-0.3, -0.25) is 0 Å². The number of hydrogen-bond donors (Lipinski definition) is 3. The highest BCUT2D eigenvalue weighted by Gasteiger charge is 2.84. The Kier molecular flexibility index (Phi) is 4.20. The first-order chi connectivity index (χ1) is 17.7. The van der Waals surface area contributed by atoms with Gasteiger partial charge in [-0.15, -0.1) is 0 Å². The van der Waals surface area contributed by atoms with Crippen molar-refractivity contribution in [3.8, 4) is 0 Å². The molecule has 1 aromatic heterocycles. The molecule has 37 heavy (non-hydrogen) atoms. The van der Waals surface area contributed by atoms with E-state index in [1.165, 1.54) is 16.7 Å². The van der Waals surface area contributed by atoms with E-state index in [0.29, 0.717) is 17.7 Å². The minimum Gasteiger partial charge on any atom is -0.390 e. The summed E-state index contributed by atoms with van der Waals surface area (Å²) in [5.74, 6) is 1.27. The van der Waals surface area contributed by atoms with Gasteiger partial charge in [0.1, 0.15) is 5.82 Å². The quantitative estimate of drug-likeness (QED) is 0.543. The maximum absolute atomic E-state index is 11.5. The van der Waals surface area contributed by atoms with Gasteiger partial charge >= 0.3 is 0 Å². The lowest BCUT2D eigenvalue weighted by atomic mass is 9.57. The summed E-state index contributed by atoms with van der Waals surface area (Å²) in [4.78, 5) is 6.40. The summed E-state index contributed by atoms with van der Waals surface area (Å²) in [5.41, 5.74) is 9.10. The average molecular weight is 500 g/mol. The number of fused-ring (bicyclic) bond motifs is 3. The third-order valence-corrected chi connectivity index (χ3v) is 11.7. The molecule has 0 radical (unpaired) electrons. The van der Waals surface area contributed by atoms with Gasteiger partial charge in [0.25, 0.3) is 0 Å². The smallest absolute Gasteiger partial charge is 0.123 e. The number of nitrogens with zero attached hydrogens (tertiary/aromatic N) is 2. The third kappa shape index (κ3) is 2.50. The second-order valence-corrected chi connectivity index (χ2v) is 13.3. The molecular weight excluding hydrogens is 462 g/mol. The van der Waals surface area contributed by atoms with Crippen molar-refractivity contribution in [3.63, 3.8) is 0 Å². The predicted octanol–water partition coefficient (Wildman–Crippen LogP) is 3.92. The first-order valence-corrected chi connectivity index (χ1v) is 13.9. The molecule has 4 aliphatic carbocycles. The normalized spacial score (nSPS) is 47.1. The highest BCUT2D eigenvalue weighted by Crippen LogP contribution is 2.81. The summed E-state index contributed by atoms with van der Waals surface area (Å²) >= 11 is 0. The fourth-order valence-electron chi connectivity index (χ4n) is 9.96. The number of anilines is 1. The van der Waals surface area contributed by atoms with Gasteiger partial charge in [0.15, 0.2) is 0 Å². The molecule has 8 rings (SSSR count). The van der Waals surface area contributed by atoms with E-state index < -0.39 is 12.2 Å². The Hall–Kier alpha value is -2.25. The molecule has 6 aliphatic rings. The molecule has 9 unspecified atom stereocenters. The fraction of sp³-hybridized carbons (Fsp3) is 0.581. The highest BCUT2D eigenvalue weighted by atomic mass is 16.5. The average Bonchev–Trinajstić information content (AvgIpc) is 3.40. The van der Waals surface area contributed by atoms with Crippen LogP contribution in [0.15, 0.2) is 48.2 Å². The van der Waals surface area contributed by atoms with Gasteiger partial charge < -0.3 is 25.6 Å². The first-order valence-electron chi connectivity index (χ1n) is 13.9. The maximum Gasteiger partial charge on any atom is 0.123 e. The maximum atomic E-state index is 11.5. The second-order valence-electron chi connectivity index (χ2n) is 13.3. The molecule has 194 valence electrons. The van der Waals surface area contributed by atoms with E-state index in [1.54, 1.807) is 0 Å².